The average molecular weight is 416 g/mol. The molecule has 0 aliphatic carbocycles. The quantitative estimate of drug-likeness (QED) is 0.507. The van der Waals surface area contributed by atoms with Crippen LogP contribution in [0.25, 0.3) is 0 Å². The Bertz CT molecular complexity index is 516. The zero-order valence-corrected chi connectivity index (χ0v) is 14.7. The van der Waals surface area contributed by atoms with Crippen LogP contribution in [0, 0.1) is 0 Å². The van der Waals surface area contributed by atoms with Crippen molar-refractivity contribution in [2.45, 2.75) is 4.83 Å². The first kappa shape index (κ1) is 16.9. The van der Waals surface area contributed by atoms with Gasteiger partial charge in [0, 0.05) is 13.4 Å². The SMILES string of the molecule is COCCOc1ccc(C(Br)CS(C)(=O)=O)cc1Br. The molecule has 1 aromatic carbocycles. The Morgan fingerprint density at radius 1 is 1.32 bits per heavy atom. The van der Waals surface area contributed by atoms with E-state index in [1.165, 1.54) is 6.26 Å². The summed E-state index contributed by atoms with van der Waals surface area (Å²) >= 11 is 6.79. The molecule has 0 saturated carbocycles. The maximum absolute atomic E-state index is 11.3. The van der Waals surface area contributed by atoms with E-state index in [4.69, 9.17) is 9.47 Å². The van der Waals surface area contributed by atoms with E-state index in [9.17, 15) is 8.42 Å². The second-order valence-corrected chi connectivity index (χ2v) is 8.24. The Hall–Kier alpha value is -0.110. The lowest BCUT2D eigenvalue weighted by Gasteiger charge is -2.12. The fraction of sp³-hybridized carbons (Fsp3) is 0.500. The van der Waals surface area contributed by atoms with E-state index in [-0.39, 0.29) is 10.6 Å². The monoisotopic (exact) mass is 414 g/mol. The van der Waals surface area contributed by atoms with Crippen molar-refractivity contribution in [2.24, 2.45) is 0 Å². The molecule has 0 spiro atoms. The van der Waals surface area contributed by atoms with Crippen molar-refractivity contribution in [3.8, 4) is 5.75 Å². The molecule has 0 radical (unpaired) electrons. The molecule has 0 saturated heterocycles. The number of methoxy groups -OCH3 is 1. The zero-order chi connectivity index (χ0) is 14.5. The smallest absolute Gasteiger partial charge is 0.148 e. The number of hydrogen-bond donors (Lipinski definition) is 0. The Labute approximate surface area is 130 Å². The summed E-state index contributed by atoms with van der Waals surface area (Å²) in [6.07, 6.45) is 1.22. The van der Waals surface area contributed by atoms with Gasteiger partial charge < -0.3 is 9.47 Å². The second-order valence-electron chi connectivity index (χ2n) is 4.09. The maximum Gasteiger partial charge on any atom is 0.148 e. The number of alkyl halides is 1. The Morgan fingerprint density at radius 2 is 2.00 bits per heavy atom. The van der Waals surface area contributed by atoms with Gasteiger partial charge in [0.15, 0.2) is 0 Å². The molecule has 0 aromatic heterocycles. The number of hydrogen-bond acceptors (Lipinski definition) is 4. The Kier molecular flexibility index (Phi) is 6.79. The van der Waals surface area contributed by atoms with Crippen molar-refractivity contribution < 1.29 is 17.9 Å². The summed E-state index contributed by atoms with van der Waals surface area (Å²) in [5, 5.41) is 0. The number of sulfone groups is 1. The molecule has 0 amide bonds. The molecule has 0 N–H and O–H groups in total. The van der Waals surface area contributed by atoms with Gasteiger partial charge in [0.1, 0.15) is 22.2 Å². The predicted octanol–water partition coefficient (Wildman–Crippen LogP) is 2.95. The largest absolute Gasteiger partial charge is 0.490 e. The van der Waals surface area contributed by atoms with Gasteiger partial charge in [-0.2, -0.15) is 0 Å². The first-order valence-electron chi connectivity index (χ1n) is 5.56. The van der Waals surface area contributed by atoms with Gasteiger partial charge in [0.05, 0.1) is 21.7 Å². The number of halogens is 2. The van der Waals surface area contributed by atoms with Crippen molar-refractivity contribution in [3.05, 3.63) is 28.2 Å². The summed E-state index contributed by atoms with van der Waals surface area (Å²) in [5.41, 5.74) is 0.886. The number of rotatable bonds is 7. The lowest BCUT2D eigenvalue weighted by atomic mass is 10.2. The molecule has 0 aliphatic heterocycles. The highest BCUT2D eigenvalue weighted by Gasteiger charge is 2.15. The minimum absolute atomic E-state index is 0.0588. The third-order valence-electron chi connectivity index (χ3n) is 2.31. The predicted molar refractivity (Wildman–Crippen MR) is 82.9 cm³/mol. The van der Waals surface area contributed by atoms with Gasteiger partial charge in [-0.15, -0.1) is 0 Å². The molecule has 1 unspecified atom stereocenters. The van der Waals surface area contributed by atoms with Crippen LogP contribution < -0.4 is 4.74 Å². The van der Waals surface area contributed by atoms with Crippen LogP contribution in [0.5, 0.6) is 5.75 Å². The Balaban J connectivity index is 2.75. The van der Waals surface area contributed by atoms with Crippen LogP contribution in [0.4, 0.5) is 0 Å². The van der Waals surface area contributed by atoms with Crippen LogP contribution in [0.1, 0.15) is 10.4 Å². The minimum Gasteiger partial charge on any atom is -0.490 e. The molecule has 0 fully saturated rings. The van der Waals surface area contributed by atoms with Crippen molar-refractivity contribution in [1.82, 2.24) is 0 Å². The molecule has 7 heteroatoms. The van der Waals surface area contributed by atoms with Crippen LogP contribution in [-0.2, 0) is 14.6 Å². The molecule has 0 aliphatic rings. The highest BCUT2D eigenvalue weighted by atomic mass is 79.9. The van der Waals surface area contributed by atoms with E-state index >= 15 is 0 Å². The van der Waals surface area contributed by atoms with Gasteiger partial charge in [-0.05, 0) is 33.6 Å². The van der Waals surface area contributed by atoms with Crippen molar-refractivity contribution >= 4 is 41.7 Å². The molecule has 19 heavy (non-hydrogen) atoms. The van der Waals surface area contributed by atoms with E-state index in [2.05, 4.69) is 31.9 Å². The molecule has 4 nitrogen and oxygen atoms in total. The summed E-state index contributed by atoms with van der Waals surface area (Å²) in [7, 11) is -1.41. The van der Waals surface area contributed by atoms with Crippen molar-refractivity contribution in [3.63, 3.8) is 0 Å². The lowest BCUT2D eigenvalue weighted by molar-refractivity contribution is 0.146. The number of benzene rings is 1. The van der Waals surface area contributed by atoms with Gasteiger partial charge in [0.25, 0.3) is 0 Å². The first-order chi connectivity index (χ1) is 8.83. The molecular formula is C12H16Br2O4S. The fourth-order valence-corrected chi connectivity index (χ4v) is 4.39. The molecule has 1 atom stereocenters. The highest BCUT2D eigenvalue weighted by Crippen LogP contribution is 2.32. The topological polar surface area (TPSA) is 52.6 Å². The van der Waals surface area contributed by atoms with Crippen molar-refractivity contribution in [1.29, 1.82) is 0 Å². The average Bonchev–Trinajstić information content (AvgIpc) is 2.29. The minimum atomic E-state index is -3.02. The third-order valence-corrected chi connectivity index (χ3v) is 5.15. The van der Waals surface area contributed by atoms with Crippen LogP contribution in [0.2, 0.25) is 0 Å². The standard InChI is InChI=1S/C12H16Br2O4S/c1-17-5-6-18-12-4-3-9(7-10(12)13)11(14)8-19(2,15)16/h3-4,7,11H,5-6,8H2,1-2H3. The van der Waals surface area contributed by atoms with Crippen molar-refractivity contribution in [2.75, 3.05) is 32.3 Å². The van der Waals surface area contributed by atoms with E-state index < -0.39 is 9.84 Å². The molecule has 0 bridgehead atoms. The van der Waals surface area contributed by atoms with Gasteiger partial charge >= 0.3 is 0 Å². The summed E-state index contributed by atoms with van der Waals surface area (Å²) in [6.45, 7) is 0.985. The Morgan fingerprint density at radius 3 is 2.53 bits per heavy atom. The highest BCUT2D eigenvalue weighted by molar-refractivity contribution is 9.10. The third kappa shape index (κ3) is 6.25. The molecule has 108 valence electrons. The molecule has 0 heterocycles. The van der Waals surface area contributed by atoms with Crippen LogP contribution in [0.3, 0.4) is 0 Å². The van der Waals surface area contributed by atoms with Crippen LogP contribution in [0.15, 0.2) is 22.7 Å². The summed E-state index contributed by atoms with van der Waals surface area (Å²) in [4.78, 5) is -0.230. The van der Waals surface area contributed by atoms with Gasteiger partial charge in [0.2, 0.25) is 0 Å². The summed E-state index contributed by atoms with van der Waals surface area (Å²) in [6, 6.07) is 5.51. The second kappa shape index (κ2) is 7.61. The van der Waals surface area contributed by atoms with E-state index in [0.717, 1.165) is 10.0 Å². The lowest BCUT2D eigenvalue weighted by Crippen LogP contribution is -2.09. The van der Waals surface area contributed by atoms with Crippen LogP contribution >= 0.6 is 31.9 Å². The van der Waals surface area contributed by atoms with E-state index in [0.29, 0.717) is 19.0 Å². The molecule has 1 aromatic rings. The first-order valence-corrected chi connectivity index (χ1v) is 9.33. The zero-order valence-electron chi connectivity index (χ0n) is 10.7. The van der Waals surface area contributed by atoms with Crippen LogP contribution in [-0.4, -0.2) is 40.7 Å². The maximum atomic E-state index is 11.3. The van der Waals surface area contributed by atoms with E-state index in [1.807, 2.05) is 18.2 Å². The number of ether oxygens (including phenoxy) is 2. The van der Waals surface area contributed by atoms with E-state index in [1.54, 1.807) is 7.11 Å². The van der Waals surface area contributed by atoms with Gasteiger partial charge in [-0.1, -0.05) is 22.0 Å². The van der Waals surface area contributed by atoms with Gasteiger partial charge in [-0.3, -0.25) is 0 Å². The normalized spacial score (nSPS) is 13.3. The summed E-state index contributed by atoms with van der Waals surface area (Å²) in [5.74, 6) is 0.767. The molecular weight excluding hydrogens is 400 g/mol. The summed E-state index contributed by atoms with van der Waals surface area (Å²) < 4.78 is 33.7. The van der Waals surface area contributed by atoms with Gasteiger partial charge in [-0.25, -0.2) is 8.42 Å². The molecule has 1 rings (SSSR count). The fourth-order valence-electron chi connectivity index (χ4n) is 1.43.